The summed E-state index contributed by atoms with van der Waals surface area (Å²) >= 11 is 13.7. The molecule has 1 aliphatic heterocycles. The number of halogens is 2. The molecule has 9 nitrogen and oxygen atoms in total. The number of nitrogens with one attached hydrogen (secondary N) is 1. The Morgan fingerprint density at radius 3 is 2.70 bits per heavy atom. The van der Waals surface area contributed by atoms with Gasteiger partial charge in [-0.3, -0.25) is 0 Å². The van der Waals surface area contributed by atoms with Crippen LogP contribution in [0.3, 0.4) is 0 Å². The van der Waals surface area contributed by atoms with Gasteiger partial charge in [-0.05, 0) is 37.1 Å². The van der Waals surface area contributed by atoms with Crippen LogP contribution in [0, 0.1) is 0 Å². The molecule has 3 heterocycles. The number of nitrogens with zero attached hydrogens (tertiary/aromatic N) is 4. The van der Waals surface area contributed by atoms with Crippen LogP contribution >= 0.6 is 34.5 Å². The maximum absolute atomic E-state index is 11.0. The Balaban J connectivity index is 1.30. The van der Waals surface area contributed by atoms with Gasteiger partial charge in [-0.2, -0.15) is 0 Å². The zero-order chi connectivity index (χ0) is 25.9. The fourth-order valence-electron chi connectivity index (χ4n) is 4.18. The standard InChI is InChI=1S/C25H23Cl2N5O4S/c1-35-21-9-17-20(28-13-29-23(17)30-15-2-3-18(26)19(27)8-15)10-22(21)36-11-16-12-37-24(31-16)14-4-6-32(7-5-14)25(33)34/h2-3,8-10,12-14H,4-7,11H2,1H3,(H,33,34)(H,28,29,30)/p-1. The molecular weight excluding hydrogens is 537 g/mol. The molecule has 0 atom stereocenters. The predicted molar refractivity (Wildman–Crippen MR) is 141 cm³/mol. The number of methoxy groups -OCH3 is 1. The molecule has 1 aliphatic rings. The van der Waals surface area contributed by atoms with Crippen molar-refractivity contribution in [3.63, 3.8) is 0 Å². The zero-order valence-electron chi connectivity index (χ0n) is 19.7. The highest BCUT2D eigenvalue weighted by molar-refractivity contribution is 7.09. The van der Waals surface area contributed by atoms with E-state index in [1.807, 2.05) is 17.5 Å². The third-order valence-electron chi connectivity index (χ3n) is 6.15. The number of benzene rings is 2. The SMILES string of the molecule is COc1cc2c(Nc3ccc(Cl)c(Cl)c3)ncnc2cc1OCc1csc(C2CCN(C(=O)[O-])CC2)n1. The molecule has 2 aromatic heterocycles. The van der Waals surface area contributed by atoms with Crippen molar-refractivity contribution in [2.24, 2.45) is 0 Å². The van der Waals surface area contributed by atoms with Crippen LogP contribution in [0.4, 0.5) is 16.3 Å². The van der Waals surface area contributed by atoms with E-state index >= 15 is 0 Å². The molecule has 12 heteroatoms. The molecule has 0 spiro atoms. The molecule has 1 fully saturated rings. The fraction of sp³-hybridized carbons (Fsp3) is 0.280. The molecule has 0 radical (unpaired) electrons. The van der Waals surface area contributed by atoms with E-state index in [1.54, 1.807) is 36.6 Å². The number of thiazole rings is 1. The number of fused-ring (bicyclic) bond motifs is 1. The number of carbonyl (C=O) groups excluding carboxylic acids is 1. The number of aromatic nitrogens is 3. The second kappa shape index (κ2) is 11.0. The molecule has 0 unspecified atom stereocenters. The lowest BCUT2D eigenvalue weighted by Gasteiger charge is -2.32. The van der Waals surface area contributed by atoms with Crippen molar-refractivity contribution < 1.29 is 19.4 Å². The maximum Gasteiger partial charge on any atom is 0.163 e. The highest BCUT2D eigenvalue weighted by atomic mass is 35.5. The van der Waals surface area contributed by atoms with Gasteiger partial charge in [-0.15, -0.1) is 11.3 Å². The molecule has 1 saturated heterocycles. The Morgan fingerprint density at radius 1 is 1.16 bits per heavy atom. The summed E-state index contributed by atoms with van der Waals surface area (Å²) < 4.78 is 11.7. The molecule has 4 aromatic rings. The lowest BCUT2D eigenvalue weighted by Crippen LogP contribution is -2.45. The Kier molecular flexibility index (Phi) is 7.50. The summed E-state index contributed by atoms with van der Waals surface area (Å²) in [4.78, 5) is 25.9. The van der Waals surface area contributed by atoms with E-state index in [0.717, 1.165) is 34.6 Å². The van der Waals surface area contributed by atoms with Gasteiger partial charge in [0, 0.05) is 41.5 Å². The summed E-state index contributed by atoms with van der Waals surface area (Å²) in [7, 11) is 1.57. The van der Waals surface area contributed by atoms with Crippen LogP contribution in [0.5, 0.6) is 11.5 Å². The number of carboxylic acid groups (broad SMARTS) is 1. The van der Waals surface area contributed by atoms with Gasteiger partial charge in [0.1, 0.15) is 24.8 Å². The first kappa shape index (κ1) is 25.3. The monoisotopic (exact) mass is 558 g/mol. The van der Waals surface area contributed by atoms with E-state index in [0.29, 0.717) is 46.0 Å². The van der Waals surface area contributed by atoms with Gasteiger partial charge < -0.3 is 29.6 Å². The van der Waals surface area contributed by atoms with Crippen LogP contribution in [0.15, 0.2) is 42.0 Å². The van der Waals surface area contributed by atoms with Crippen molar-refractivity contribution in [2.75, 3.05) is 25.5 Å². The van der Waals surface area contributed by atoms with Gasteiger partial charge >= 0.3 is 0 Å². The first-order valence-corrected chi connectivity index (χ1v) is 13.1. The molecule has 0 bridgehead atoms. The number of hydrogen-bond acceptors (Lipinski definition) is 9. The predicted octanol–water partition coefficient (Wildman–Crippen LogP) is 5.25. The van der Waals surface area contributed by atoms with Crippen LogP contribution in [-0.2, 0) is 6.61 Å². The van der Waals surface area contributed by atoms with Crippen LogP contribution < -0.4 is 19.9 Å². The minimum atomic E-state index is -1.11. The average molecular weight is 559 g/mol. The van der Waals surface area contributed by atoms with Gasteiger partial charge in [-0.25, -0.2) is 15.0 Å². The van der Waals surface area contributed by atoms with Crippen molar-refractivity contribution in [1.29, 1.82) is 0 Å². The second-order valence-corrected chi connectivity index (χ2v) is 10.2. The number of likely N-dealkylation sites (tertiary alicyclic amines) is 1. The van der Waals surface area contributed by atoms with Gasteiger partial charge in [0.05, 0.1) is 33.4 Å². The van der Waals surface area contributed by atoms with E-state index in [1.165, 1.54) is 11.2 Å². The van der Waals surface area contributed by atoms with Crippen molar-refractivity contribution in [3.05, 3.63) is 62.8 Å². The van der Waals surface area contributed by atoms with Crippen molar-refractivity contribution in [3.8, 4) is 11.5 Å². The van der Waals surface area contributed by atoms with E-state index < -0.39 is 6.09 Å². The number of anilines is 2. The molecule has 192 valence electrons. The van der Waals surface area contributed by atoms with Gasteiger partial charge in [-0.1, -0.05) is 23.2 Å². The quantitative estimate of drug-likeness (QED) is 0.327. The molecule has 0 saturated carbocycles. The summed E-state index contributed by atoms with van der Waals surface area (Å²) in [5.74, 6) is 1.89. The molecular formula is C25H22Cl2N5O4S-. The van der Waals surface area contributed by atoms with E-state index in [4.69, 9.17) is 37.7 Å². The highest BCUT2D eigenvalue weighted by Gasteiger charge is 2.23. The molecule has 5 rings (SSSR count). The number of piperidine rings is 1. The van der Waals surface area contributed by atoms with Gasteiger partial charge in [0.15, 0.2) is 11.5 Å². The Labute approximate surface area is 227 Å². The lowest BCUT2D eigenvalue weighted by atomic mass is 9.98. The number of amides is 1. The van der Waals surface area contributed by atoms with E-state index in [-0.39, 0.29) is 12.5 Å². The average Bonchev–Trinajstić information content (AvgIpc) is 3.38. The summed E-state index contributed by atoms with van der Waals surface area (Å²) in [5, 5.41) is 18.9. The van der Waals surface area contributed by atoms with Crippen molar-refractivity contribution >= 4 is 63.0 Å². The highest BCUT2D eigenvalue weighted by Crippen LogP contribution is 2.36. The Hall–Kier alpha value is -3.34. The topological polar surface area (TPSA) is 113 Å². The third kappa shape index (κ3) is 5.66. The van der Waals surface area contributed by atoms with E-state index in [9.17, 15) is 9.90 Å². The second-order valence-electron chi connectivity index (χ2n) is 8.49. The first-order chi connectivity index (χ1) is 17.9. The first-order valence-electron chi connectivity index (χ1n) is 11.5. The summed E-state index contributed by atoms with van der Waals surface area (Å²) in [6, 6.07) is 8.87. The van der Waals surface area contributed by atoms with Gasteiger partial charge in [0.2, 0.25) is 0 Å². The summed E-state index contributed by atoms with van der Waals surface area (Å²) in [6.45, 7) is 1.20. The lowest BCUT2D eigenvalue weighted by molar-refractivity contribution is -0.266. The van der Waals surface area contributed by atoms with Crippen molar-refractivity contribution in [1.82, 2.24) is 19.9 Å². The zero-order valence-corrected chi connectivity index (χ0v) is 22.1. The normalized spacial score (nSPS) is 14.1. The number of hydrogen-bond donors (Lipinski definition) is 1. The van der Waals surface area contributed by atoms with Gasteiger partial charge in [0.25, 0.3) is 0 Å². The molecule has 1 N–H and O–H groups in total. The van der Waals surface area contributed by atoms with Crippen molar-refractivity contribution in [2.45, 2.75) is 25.4 Å². The molecule has 2 aromatic carbocycles. The minimum absolute atomic E-state index is 0.239. The number of carbonyl (C=O) groups is 1. The summed E-state index contributed by atoms with van der Waals surface area (Å²) in [6.07, 6.45) is 1.83. The third-order valence-corrected chi connectivity index (χ3v) is 7.95. The fourth-order valence-corrected chi connectivity index (χ4v) is 5.46. The smallest absolute Gasteiger partial charge is 0.163 e. The van der Waals surface area contributed by atoms with Crippen LogP contribution in [0.1, 0.15) is 29.5 Å². The molecule has 37 heavy (non-hydrogen) atoms. The number of ether oxygens (including phenoxy) is 2. The van der Waals surface area contributed by atoms with Crippen LogP contribution in [0.25, 0.3) is 10.9 Å². The van der Waals surface area contributed by atoms with Crippen LogP contribution in [-0.4, -0.2) is 46.1 Å². The Bertz CT molecular complexity index is 1440. The number of rotatable bonds is 7. The maximum atomic E-state index is 11.0. The van der Waals surface area contributed by atoms with E-state index in [2.05, 4.69) is 15.3 Å². The largest absolute Gasteiger partial charge is 0.530 e. The minimum Gasteiger partial charge on any atom is -0.530 e. The Morgan fingerprint density at radius 2 is 1.97 bits per heavy atom. The summed E-state index contributed by atoms with van der Waals surface area (Å²) in [5.41, 5.74) is 2.21. The molecule has 1 amide bonds. The van der Waals surface area contributed by atoms with Crippen LogP contribution in [0.2, 0.25) is 10.0 Å². The molecule has 0 aliphatic carbocycles.